The molecule has 2 saturated carbocycles. The molecule has 0 spiro atoms. The number of carbonyl (C=O) groups excluding carboxylic acids is 2. The minimum absolute atomic E-state index is 0.0859. The molecule has 0 radical (unpaired) electrons. The summed E-state index contributed by atoms with van der Waals surface area (Å²) in [5.41, 5.74) is 4.64. The van der Waals surface area contributed by atoms with Crippen molar-refractivity contribution in [2.45, 2.75) is 32.6 Å². The summed E-state index contributed by atoms with van der Waals surface area (Å²) in [6.45, 7) is 6.26. The fraction of sp³-hybridized carbons (Fsp3) is 0.419. The fourth-order valence-electron chi connectivity index (χ4n) is 6.70. The number of furan rings is 1. The van der Waals surface area contributed by atoms with Crippen LogP contribution in [0.25, 0.3) is 0 Å². The second-order valence-corrected chi connectivity index (χ2v) is 11.1. The maximum Gasteiger partial charge on any atom is 0.291 e. The second kappa shape index (κ2) is 10.6. The van der Waals surface area contributed by atoms with Crippen LogP contribution in [-0.2, 0) is 0 Å². The van der Waals surface area contributed by atoms with Gasteiger partial charge in [-0.05, 0) is 85.9 Å². The highest BCUT2D eigenvalue weighted by molar-refractivity contribution is 6.05. The van der Waals surface area contributed by atoms with Gasteiger partial charge >= 0.3 is 0 Å². The van der Waals surface area contributed by atoms with Gasteiger partial charge in [0.05, 0.1) is 17.6 Å². The molecule has 2 N–H and O–H groups in total. The number of aryl methyl sites for hydroxylation is 1. The standard InChI is InChI=1S/C31H36N4O3/c1-21-5-2-3-6-27(21)34-12-14-35(15-13-34)28-11-10-24(19-26(28)33-31(37)29-7-4-16-38-29)30(36)32-20-25-18-22-8-9-23(25)17-22/h2-7,10-11,16,19,22-23,25H,8-9,12-15,17-18,20H2,1H3,(H,32,36)(H,33,37)/t22-,23+,25?/m1/s1. The van der Waals surface area contributed by atoms with Crippen molar-refractivity contribution < 1.29 is 14.0 Å². The van der Waals surface area contributed by atoms with Gasteiger partial charge in [-0.1, -0.05) is 24.6 Å². The molecule has 3 aliphatic rings. The van der Waals surface area contributed by atoms with E-state index in [1.807, 2.05) is 12.1 Å². The molecular formula is C31H36N4O3. The lowest BCUT2D eigenvalue weighted by molar-refractivity contribution is 0.0940. The maximum atomic E-state index is 13.1. The van der Waals surface area contributed by atoms with E-state index in [-0.39, 0.29) is 17.6 Å². The normalized spacial score (nSPS) is 22.5. The molecule has 1 aliphatic heterocycles. The summed E-state index contributed by atoms with van der Waals surface area (Å²) < 4.78 is 5.31. The summed E-state index contributed by atoms with van der Waals surface area (Å²) in [5.74, 6) is 2.05. The van der Waals surface area contributed by atoms with Crippen LogP contribution in [0.4, 0.5) is 17.1 Å². The van der Waals surface area contributed by atoms with Gasteiger partial charge in [0.15, 0.2) is 5.76 Å². The third-order valence-electron chi connectivity index (χ3n) is 8.74. The Kier molecular flexibility index (Phi) is 6.83. The molecule has 1 aromatic heterocycles. The summed E-state index contributed by atoms with van der Waals surface area (Å²) >= 11 is 0. The third-order valence-corrected chi connectivity index (χ3v) is 8.74. The molecule has 3 fully saturated rings. The van der Waals surface area contributed by atoms with Gasteiger partial charge in [-0.25, -0.2) is 0 Å². The summed E-state index contributed by atoms with van der Waals surface area (Å²) in [7, 11) is 0. The van der Waals surface area contributed by atoms with E-state index in [4.69, 9.17) is 4.42 Å². The van der Waals surface area contributed by atoms with Crippen LogP contribution in [0.1, 0.15) is 52.2 Å². The molecular weight excluding hydrogens is 476 g/mol. The van der Waals surface area contributed by atoms with Crippen LogP contribution < -0.4 is 20.4 Å². The van der Waals surface area contributed by atoms with Crippen molar-refractivity contribution >= 4 is 28.9 Å². The van der Waals surface area contributed by atoms with Crippen molar-refractivity contribution in [1.29, 1.82) is 0 Å². The minimum atomic E-state index is -0.325. The summed E-state index contributed by atoms with van der Waals surface area (Å²) in [6.07, 6.45) is 6.72. The van der Waals surface area contributed by atoms with Gasteiger partial charge in [0.1, 0.15) is 0 Å². The largest absolute Gasteiger partial charge is 0.459 e. The van der Waals surface area contributed by atoms with Crippen molar-refractivity contribution in [3.63, 3.8) is 0 Å². The van der Waals surface area contributed by atoms with Crippen LogP contribution in [0.5, 0.6) is 0 Å². The van der Waals surface area contributed by atoms with Gasteiger partial charge in [0.25, 0.3) is 11.8 Å². The lowest BCUT2D eigenvalue weighted by atomic mass is 9.89. The Labute approximate surface area is 224 Å². The fourth-order valence-corrected chi connectivity index (χ4v) is 6.70. The zero-order valence-corrected chi connectivity index (χ0v) is 22.0. The SMILES string of the molecule is Cc1ccccc1N1CCN(c2ccc(C(=O)NCC3C[C@@H]4CC[C@H]3C4)cc2NC(=O)c2ccco2)CC1. The number of nitrogens with one attached hydrogen (secondary N) is 2. The van der Waals surface area contributed by atoms with Crippen LogP contribution in [0.15, 0.2) is 65.3 Å². The van der Waals surface area contributed by atoms with Crippen LogP contribution in [-0.4, -0.2) is 44.5 Å². The van der Waals surface area contributed by atoms with Crippen LogP contribution in [0.3, 0.4) is 0 Å². The van der Waals surface area contributed by atoms with E-state index in [2.05, 4.69) is 51.6 Å². The molecule has 2 bridgehead atoms. The first-order valence-electron chi connectivity index (χ1n) is 13.9. The Morgan fingerprint density at radius 1 is 0.895 bits per heavy atom. The van der Waals surface area contributed by atoms with Crippen molar-refractivity contribution in [3.8, 4) is 0 Å². The smallest absolute Gasteiger partial charge is 0.291 e. The van der Waals surface area contributed by atoms with Crippen molar-refractivity contribution in [2.24, 2.45) is 17.8 Å². The molecule has 7 heteroatoms. The zero-order chi connectivity index (χ0) is 26.1. The molecule has 2 aliphatic carbocycles. The van der Waals surface area contributed by atoms with E-state index >= 15 is 0 Å². The molecule has 1 saturated heterocycles. The van der Waals surface area contributed by atoms with Crippen molar-refractivity contribution in [2.75, 3.05) is 47.8 Å². The number of rotatable bonds is 7. The van der Waals surface area contributed by atoms with Gasteiger partial charge in [-0.2, -0.15) is 0 Å². The first-order valence-corrected chi connectivity index (χ1v) is 13.9. The Morgan fingerprint density at radius 3 is 2.37 bits per heavy atom. The van der Waals surface area contributed by atoms with E-state index in [0.29, 0.717) is 17.2 Å². The van der Waals surface area contributed by atoms with Gasteiger partial charge in [0, 0.05) is 44.0 Å². The van der Waals surface area contributed by atoms with E-state index in [1.165, 1.54) is 43.2 Å². The molecule has 3 atom stereocenters. The lowest BCUT2D eigenvalue weighted by Gasteiger charge is -2.38. The van der Waals surface area contributed by atoms with Gasteiger partial charge in [0.2, 0.25) is 0 Å². The monoisotopic (exact) mass is 512 g/mol. The second-order valence-electron chi connectivity index (χ2n) is 11.1. The molecule has 2 aromatic carbocycles. The number of nitrogens with zero attached hydrogens (tertiary/aromatic N) is 2. The number of para-hydroxylation sites is 1. The van der Waals surface area contributed by atoms with E-state index in [1.54, 1.807) is 18.2 Å². The summed E-state index contributed by atoms with van der Waals surface area (Å²) in [6, 6.07) is 17.4. The number of amides is 2. The zero-order valence-electron chi connectivity index (χ0n) is 22.0. The number of hydrogen-bond donors (Lipinski definition) is 2. The average molecular weight is 513 g/mol. The van der Waals surface area contributed by atoms with Crippen molar-refractivity contribution in [3.05, 3.63) is 77.7 Å². The molecule has 2 heterocycles. The number of benzene rings is 2. The number of carbonyl (C=O) groups is 2. The van der Waals surface area contributed by atoms with Crippen LogP contribution >= 0.6 is 0 Å². The quantitative estimate of drug-likeness (QED) is 0.447. The van der Waals surface area contributed by atoms with E-state index < -0.39 is 0 Å². The third kappa shape index (κ3) is 5.02. The average Bonchev–Trinajstić information content (AvgIpc) is 3.72. The Balaban J connectivity index is 1.18. The molecule has 38 heavy (non-hydrogen) atoms. The maximum absolute atomic E-state index is 13.1. The van der Waals surface area contributed by atoms with Gasteiger partial charge in [-0.3, -0.25) is 9.59 Å². The highest BCUT2D eigenvalue weighted by atomic mass is 16.3. The predicted octanol–water partition coefficient (Wildman–Crippen LogP) is 5.33. The molecule has 7 nitrogen and oxygen atoms in total. The Bertz CT molecular complexity index is 1300. The molecule has 198 valence electrons. The highest BCUT2D eigenvalue weighted by Gasteiger charge is 2.39. The number of fused-ring (bicyclic) bond motifs is 2. The minimum Gasteiger partial charge on any atom is -0.459 e. The lowest BCUT2D eigenvalue weighted by Crippen LogP contribution is -2.47. The van der Waals surface area contributed by atoms with Crippen molar-refractivity contribution in [1.82, 2.24) is 5.32 Å². The molecule has 2 amide bonds. The van der Waals surface area contributed by atoms with Gasteiger partial charge < -0.3 is 24.9 Å². The van der Waals surface area contributed by atoms with Crippen LogP contribution in [0.2, 0.25) is 0 Å². The Morgan fingerprint density at radius 2 is 1.68 bits per heavy atom. The van der Waals surface area contributed by atoms with E-state index in [9.17, 15) is 9.59 Å². The Hall–Kier alpha value is -3.74. The topological polar surface area (TPSA) is 77.8 Å². The van der Waals surface area contributed by atoms with Gasteiger partial charge in [-0.15, -0.1) is 0 Å². The number of piperazine rings is 1. The van der Waals surface area contributed by atoms with E-state index in [0.717, 1.165) is 50.2 Å². The summed E-state index contributed by atoms with van der Waals surface area (Å²) in [5, 5.41) is 6.18. The summed E-state index contributed by atoms with van der Waals surface area (Å²) in [4.78, 5) is 30.7. The number of anilines is 3. The molecule has 3 aromatic rings. The first-order chi connectivity index (χ1) is 18.5. The molecule has 6 rings (SSSR count). The first kappa shape index (κ1) is 24.6. The highest BCUT2D eigenvalue weighted by Crippen LogP contribution is 2.48. The number of hydrogen-bond acceptors (Lipinski definition) is 5. The van der Waals surface area contributed by atoms with Crippen LogP contribution in [0, 0.1) is 24.7 Å². The predicted molar refractivity (Wildman–Crippen MR) is 150 cm³/mol. The molecule has 1 unspecified atom stereocenters.